The average molecular weight is 280 g/mol. The fourth-order valence-corrected chi connectivity index (χ4v) is 3.36. The molecule has 3 nitrogen and oxygen atoms in total. The highest BCUT2D eigenvalue weighted by atomic mass is 16.3. The molecule has 1 aromatic heterocycles. The van der Waals surface area contributed by atoms with Crippen molar-refractivity contribution in [3.63, 3.8) is 0 Å². The lowest BCUT2D eigenvalue weighted by Gasteiger charge is -2.35. The van der Waals surface area contributed by atoms with Crippen molar-refractivity contribution >= 4 is 10.9 Å². The number of fused-ring (bicyclic) bond motifs is 1. The van der Waals surface area contributed by atoms with Gasteiger partial charge in [-0.2, -0.15) is 5.26 Å². The number of nitrogens with zero attached hydrogens (tertiary/aromatic N) is 2. The summed E-state index contributed by atoms with van der Waals surface area (Å²) in [6.45, 7) is 1.97. The largest absolute Gasteiger partial charge is 0.387 e. The molecule has 0 saturated heterocycles. The molecule has 0 aliphatic heterocycles. The highest BCUT2D eigenvalue weighted by Crippen LogP contribution is 2.45. The predicted molar refractivity (Wildman–Crippen MR) is 82.6 cm³/mol. The maximum atomic E-state index is 10.8. The molecule has 21 heavy (non-hydrogen) atoms. The third-order valence-electron chi connectivity index (χ3n) is 4.66. The molecule has 1 aliphatic rings. The minimum atomic E-state index is -0.714. The Morgan fingerprint density at radius 2 is 1.95 bits per heavy atom. The third-order valence-corrected chi connectivity index (χ3v) is 4.66. The normalized spacial score (nSPS) is 19.1. The van der Waals surface area contributed by atoms with E-state index in [9.17, 15) is 10.4 Å². The smallest absolute Gasteiger partial charge is 0.0976 e. The first-order chi connectivity index (χ1) is 10.1. The Hall–Kier alpha value is -1.92. The van der Waals surface area contributed by atoms with E-state index in [-0.39, 0.29) is 0 Å². The first-order valence-corrected chi connectivity index (χ1v) is 7.61. The molecule has 0 bridgehead atoms. The summed E-state index contributed by atoms with van der Waals surface area (Å²) in [4.78, 5) is 4.48. The Labute approximate surface area is 125 Å². The molecule has 1 aliphatic carbocycles. The zero-order valence-electron chi connectivity index (χ0n) is 12.3. The maximum absolute atomic E-state index is 10.8. The van der Waals surface area contributed by atoms with E-state index in [0.717, 1.165) is 54.3 Å². The van der Waals surface area contributed by atoms with Gasteiger partial charge in [0.1, 0.15) is 0 Å². The summed E-state index contributed by atoms with van der Waals surface area (Å²) < 4.78 is 0. The van der Waals surface area contributed by atoms with Crippen molar-refractivity contribution in [1.29, 1.82) is 5.26 Å². The van der Waals surface area contributed by atoms with E-state index in [2.05, 4.69) is 11.1 Å². The van der Waals surface area contributed by atoms with Gasteiger partial charge in [-0.05, 0) is 43.5 Å². The Morgan fingerprint density at radius 1 is 1.19 bits per heavy atom. The summed E-state index contributed by atoms with van der Waals surface area (Å²) >= 11 is 0. The molecule has 2 aromatic rings. The molecule has 1 saturated carbocycles. The Kier molecular flexibility index (Phi) is 3.65. The first-order valence-electron chi connectivity index (χ1n) is 7.61. The molecule has 108 valence electrons. The van der Waals surface area contributed by atoms with Crippen molar-refractivity contribution in [3.8, 4) is 6.07 Å². The zero-order valence-corrected chi connectivity index (χ0v) is 12.3. The van der Waals surface area contributed by atoms with Crippen LogP contribution < -0.4 is 0 Å². The van der Waals surface area contributed by atoms with Gasteiger partial charge in [-0.15, -0.1) is 0 Å². The van der Waals surface area contributed by atoms with Crippen molar-refractivity contribution in [3.05, 3.63) is 41.6 Å². The summed E-state index contributed by atoms with van der Waals surface area (Å²) in [6, 6.07) is 12.2. The van der Waals surface area contributed by atoms with Crippen LogP contribution in [0.5, 0.6) is 0 Å². The molecular weight excluding hydrogens is 260 g/mol. The van der Waals surface area contributed by atoms with Gasteiger partial charge in [0, 0.05) is 11.1 Å². The molecule has 3 rings (SSSR count). The summed E-state index contributed by atoms with van der Waals surface area (Å²) in [5, 5.41) is 21.4. The van der Waals surface area contributed by atoms with Crippen LogP contribution in [0.25, 0.3) is 10.9 Å². The summed E-state index contributed by atoms with van der Waals surface area (Å²) in [6.07, 6.45) is 4.08. The van der Waals surface area contributed by atoms with E-state index < -0.39 is 11.5 Å². The van der Waals surface area contributed by atoms with E-state index in [1.165, 1.54) is 0 Å². The second-order valence-corrected chi connectivity index (χ2v) is 6.14. The van der Waals surface area contributed by atoms with Gasteiger partial charge in [-0.1, -0.05) is 31.4 Å². The molecule has 1 aromatic carbocycles. The van der Waals surface area contributed by atoms with Gasteiger partial charge < -0.3 is 5.11 Å². The SMILES string of the molecule is Cc1ccc2cc(C(O)C3(C#N)CCCCC3)ccc2n1. The van der Waals surface area contributed by atoms with Crippen LogP contribution in [-0.2, 0) is 0 Å². The Balaban J connectivity index is 1.99. The van der Waals surface area contributed by atoms with Crippen molar-refractivity contribution in [2.45, 2.75) is 45.1 Å². The van der Waals surface area contributed by atoms with Crippen LogP contribution >= 0.6 is 0 Å². The number of nitriles is 1. The lowest BCUT2D eigenvalue weighted by atomic mass is 9.69. The fourth-order valence-electron chi connectivity index (χ4n) is 3.36. The van der Waals surface area contributed by atoms with E-state index in [4.69, 9.17) is 0 Å². The first kappa shape index (κ1) is 14.0. The van der Waals surface area contributed by atoms with E-state index in [0.29, 0.717) is 0 Å². The Bertz CT molecular complexity index is 696. The maximum Gasteiger partial charge on any atom is 0.0976 e. The second kappa shape index (κ2) is 5.46. The molecule has 0 spiro atoms. The van der Waals surface area contributed by atoms with Crippen LogP contribution in [0, 0.1) is 23.7 Å². The van der Waals surface area contributed by atoms with Crippen molar-refractivity contribution < 1.29 is 5.11 Å². The summed E-state index contributed by atoms with van der Waals surface area (Å²) in [7, 11) is 0. The molecule has 1 fully saturated rings. The van der Waals surface area contributed by atoms with Gasteiger partial charge >= 0.3 is 0 Å². The number of aromatic nitrogens is 1. The number of benzene rings is 1. The van der Waals surface area contributed by atoms with Crippen LogP contribution in [0.4, 0.5) is 0 Å². The van der Waals surface area contributed by atoms with Crippen molar-refractivity contribution in [1.82, 2.24) is 4.98 Å². The number of hydrogen-bond donors (Lipinski definition) is 1. The van der Waals surface area contributed by atoms with E-state index in [1.54, 1.807) is 0 Å². The van der Waals surface area contributed by atoms with Gasteiger partial charge in [0.15, 0.2) is 0 Å². The number of rotatable bonds is 2. The number of aryl methyl sites for hydroxylation is 1. The number of aliphatic hydroxyl groups excluding tert-OH is 1. The Morgan fingerprint density at radius 3 is 2.67 bits per heavy atom. The van der Waals surface area contributed by atoms with Crippen LogP contribution in [0.2, 0.25) is 0 Å². The molecule has 1 N–H and O–H groups in total. The molecule has 1 unspecified atom stereocenters. The number of aliphatic hydroxyl groups is 1. The fraction of sp³-hybridized carbons (Fsp3) is 0.444. The van der Waals surface area contributed by atoms with E-state index in [1.807, 2.05) is 37.3 Å². The molecular formula is C18H20N2O. The second-order valence-electron chi connectivity index (χ2n) is 6.14. The minimum absolute atomic E-state index is 0.621. The average Bonchev–Trinajstić information content (AvgIpc) is 2.54. The van der Waals surface area contributed by atoms with Gasteiger partial charge in [0.25, 0.3) is 0 Å². The summed E-state index contributed by atoms with van der Waals surface area (Å²) in [5.41, 5.74) is 2.12. The molecule has 1 atom stereocenters. The van der Waals surface area contributed by atoms with Crippen LogP contribution in [0.3, 0.4) is 0 Å². The minimum Gasteiger partial charge on any atom is -0.387 e. The third kappa shape index (κ3) is 2.52. The predicted octanol–water partition coefficient (Wildman–Crippen LogP) is 4.05. The molecule has 3 heteroatoms. The standard InChI is InChI=1S/C18H20N2O/c1-13-5-6-14-11-15(7-8-16(14)20-13)17(21)18(12-19)9-3-2-4-10-18/h5-8,11,17,21H,2-4,9-10H2,1H3. The topological polar surface area (TPSA) is 56.9 Å². The molecule has 0 radical (unpaired) electrons. The number of hydrogen-bond acceptors (Lipinski definition) is 3. The van der Waals surface area contributed by atoms with Crippen LogP contribution in [-0.4, -0.2) is 10.1 Å². The molecule has 0 amide bonds. The van der Waals surface area contributed by atoms with E-state index >= 15 is 0 Å². The summed E-state index contributed by atoms with van der Waals surface area (Å²) in [5.74, 6) is 0. The van der Waals surface area contributed by atoms with Gasteiger partial charge in [0.05, 0.1) is 23.1 Å². The lowest BCUT2D eigenvalue weighted by Crippen LogP contribution is -2.30. The number of pyridine rings is 1. The zero-order chi connectivity index (χ0) is 14.9. The quantitative estimate of drug-likeness (QED) is 0.902. The van der Waals surface area contributed by atoms with Gasteiger partial charge in [0.2, 0.25) is 0 Å². The highest BCUT2D eigenvalue weighted by molar-refractivity contribution is 5.79. The van der Waals surface area contributed by atoms with Crippen LogP contribution in [0.15, 0.2) is 30.3 Å². The monoisotopic (exact) mass is 280 g/mol. The van der Waals surface area contributed by atoms with Gasteiger partial charge in [-0.3, -0.25) is 4.98 Å². The highest BCUT2D eigenvalue weighted by Gasteiger charge is 2.40. The van der Waals surface area contributed by atoms with Gasteiger partial charge in [-0.25, -0.2) is 0 Å². The van der Waals surface area contributed by atoms with Crippen LogP contribution in [0.1, 0.15) is 49.5 Å². The lowest BCUT2D eigenvalue weighted by molar-refractivity contribution is 0.0361. The van der Waals surface area contributed by atoms with Crippen molar-refractivity contribution in [2.75, 3.05) is 0 Å². The molecule has 1 heterocycles. The van der Waals surface area contributed by atoms with Crippen molar-refractivity contribution in [2.24, 2.45) is 5.41 Å².